The maximum Gasteiger partial charge on any atom is 0.309 e. The van der Waals surface area contributed by atoms with Gasteiger partial charge in [-0.2, -0.15) is 0 Å². The van der Waals surface area contributed by atoms with Crippen molar-refractivity contribution in [2.45, 2.75) is 0 Å². The molecule has 0 unspecified atom stereocenters. The van der Waals surface area contributed by atoms with Gasteiger partial charge in [-0.25, -0.2) is 9.67 Å². The molecule has 0 aliphatic carbocycles. The molecular formula is C21H16N6O3. The van der Waals surface area contributed by atoms with Crippen molar-refractivity contribution in [3.63, 3.8) is 0 Å². The molecule has 0 fully saturated rings. The van der Waals surface area contributed by atoms with Gasteiger partial charge < -0.3 is 4.98 Å². The van der Waals surface area contributed by atoms with Gasteiger partial charge in [-0.15, -0.1) is 5.10 Å². The van der Waals surface area contributed by atoms with Crippen LogP contribution in [-0.2, 0) is 0 Å². The first kappa shape index (κ1) is 18.8. The number of carbonyl (C=O) groups is 2. The lowest BCUT2D eigenvalue weighted by molar-refractivity contribution is 0.0840. The zero-order valence-corrected chi connectivity index (χ0v) is 15.6. The summed E-state index contributed by atoms with van der Waals surface area (Å²) in [5, 5.41) is 4.31. The number of nitrogens with one attached hydrogen (secondary N) is 3. The van der Waals surface area contributed by atoms with Gasteiger partial charge in [-0.05, 0) is 18.2 Å². The monoisotopic (exact) mass is 400 g/mol. The molecule has 0 spiro atoms. The number of para-hydroxylation sites is 1. The second-order valence-corrected chi connectivity index (χ2v) is 6.22. The summed E-state index contributed by atoms with van der Waals surface area (Å²) in [5.74, 6) is -0.900. The predicted octanol–water partition coefficient (Wildman–Crippen LogP) is 1.70. The number of aromatic amines is 1. The molecule has 0 bridgehead atoms. The number of hydrogen-bond donors (Lipinski definition) is 3. The fraction of sp³-hybridized carbons (Fsp3) is 0. The van der Waals surface area contributed by atoms with Crippen LogP contribution in [0.1, 0.15) is 21.0 Å². The molecule has 2 aromatic carbocycles. The van der Waals surface area contributed by atoms with Crippen LogP contribution < -0.4 is 16.4 Å². The SMILES string of the molecule is O=C(NNC(=O)c1nc(-c2ccccc2)n(-c2ccccc2)n1)c1ccc(=O)[nH]c1. The number of amides is 2. The summed E-state index contributed by atoms with van der Waals surface area (Å²) in [6.07, 6.45) is 1.25. The second-order valence-electron chi connectivity index (χ2n) is 6.22. The molecule has 9 heteroatoms. The molecule has 2 amide bonds. The quantitative estimate of drug-likeness (QED) is 0.450. The third-order valence-electron chi connectivity index (χ3n) is 4.18. The normalized spacial score (nSPS) is 10.4. The zero-order valence-electron chi connectivity index (χ0n) is 15.6. The lowest BCUT2D eigenvalue weighted by atomic mass is 10.2. The largest absolute Gasteiger partial charge is 0.328 e. The Kier molecular flexibility index (Phi) is 5.16. The molecule has 0 atom stereocenters. The first-order valence-electron chi connectivity index (χ1n) is 8.99. The van der Waals surface area contributed by atoms with Crippen LogP contribution in [-0.4, -0.2) is 31.6 Å². The first-order chi connectivity index (χ1) is 14.6. The van der Waals surface area contributed by atoms with E-state index in [-0.39, 0.29) is 16.9 Å². The molecule has 0 saturated carbocycles. The van der Waals surface area contributed by atoms with Gasteiger partial charge in [-0.1, -0.05) is 48.5 Å². The number of aromatic nitrogens is 4. The molecule has 9 nitrogen and oxygen atoms in total. The Balaban J connectivity index is 1.58. The minimum absolute atomic E-state index is 0.112. The molecule has 4 aromatic rings. The van der Waals surface area contributed by atoms with Gasteiger partial charge in [0, 0.05) is 17.8 Å². The minimum Gasteiger partial charge on any atom is -0.328 e. The molecule has 0 aliphatic rings. The van der Waals surface area contributed by atoms with E-state index in [2.05, 4.69) is 25.9 Å². The van der Waals surface area contributed by atoms with E-state index < -0.39 is 11.8 Å². The van der Waals surface area contributed by atoms with Crippen molar-refractivity contribution in [1.29, 1.82) is 0 Å². The molecule has 0 radical (unpaired) electrons. The number of H-pyrrole nitrogens is 1. The highest BCUT2D eigenvalue weighted by atomic mass is 16.2. The van der Waals surface area contributed by atoms with Gasteiger partial charge in [0.2, 0.25) is 11.4 Å². The van der Waals surface area contributed by atoms with Crippen molar-refractivity contribution >= 4 is 11.8 Å². The number of nitrogens with zero attached hydrogens (tertiary/aromatic N) is 3. The Labute approximate surface area is 170 Å². The number of benzene rings is 2. The third kappa shape index (κ3) is 3.99. The van der Waals surface area contributed by atoms with Crippen LogP contribution in [0.3, 0.4) is 0 Å². The fourth-order valence-electron chi connectivity index (χ4n) is 2.72. The summed E-state index contributed by atoms with van der Waals surface area (Å²) in [4.78, 5) is 42.5. The fourth-order valence-corrected chi connectivity index (χ4v) is 2.72. The van der Waals surface area contributed by atoms with Gasteiger partial charge >= 0.3 is 5.91 Å². The van der Waals surface area contributed by atoms with Gasteiger partial charge in [-0.3, -0.25) is 25.2 Å². The lowest BCUT2D eigenvalue weighted by Gasteiger charge is -2.05. The number of rotatable bonds is 4. The smallest absolute Gasteiger partial charge is 0.309 e. The van der Waals surface area contributed by atoms with Crippen molar-refractivity contribution in [3.05, 3.63) is 101 Å². The number of carbonyl (C=O) groups excluding carboxylic acids is 2. The van der Waals surface area contributed by atoms with E-state index in [1.165, 1.54) is 18.3 Å². The summed E-state index contributed by atoms with van der Waals surface area (Å²) < 4.78 is 1.56. The Hall–Kier alpha value is -4.53. The average molecular weight is 400 g/mol. The van der Waals surface area contributed by atoms with E-state index in [9.17, 15) is 14.4 Å². The van der Waals surface area contributed by atoms with Crippen molar-refractivity contribution in [1.82, 2.24) is 30.6 Å². The Morgan fingerprint density at radius 3 is 2.17 bits per heavy atom. The molecule has 3 N–H and O–H groups in total. The molecule has 4 rings (SSSR count). The van der Waals surface area contributed by atoms with E-state index in [1.807, 2.05) is 60.7 Å². The molecule has 148 valence electrons. The standard InChI is InChI=1S/C21H16N6O3/c28-17-12-11-15(13-22-17)20(29)24-25-21(30)18-23-19(14-7-3-1-4-8-14)27(26-18)16-9-5-2-6-10-16/h1-13H,(H,22,28)(H,24,29)(H,25,30). The summed E-state index contributed by atoms with van der Waals surface area (Å²) in [6.45, 7) is 0. The van der Waals surface area contributed by atoms with Crippen molar-refractivity contribution in [3.8, 4) is 17.1 Å². The third-order valence-corrected chi connectivity index (χ3v) is 4.18. The highest BCUT2D eigenvalue weighted by Gasteiger charge is 2.19. The van der Waals surface area contributed by atoms with Crippen molar-refractivity contribution in [2.24, 2.45) is 0 Å². The summed E-state index contributed by atoms with van der Waals surface area (Å²) in [7, 11) is 0. The van der Waals surface area contributed by atoms with Gasteiger partial charge in [0.15, 0.2) is 5.82 Å². The lowest BCUT2D eigenvalue weighted by Crippen LogP contribution is -2.42. The Morgan fingerprint density at radius 2 is 1.50 bits per heavy atom. The summed E-state index contributed by atoms with van der Waals surface area (Å²) >= 11 is 0. The minimum atomic E-state index is -0.681. The highest BCUT2D eigenvalue weighted by molar-refractivity contribution is 5.97. The second kappa shape index (κ2) is 8.23. The van der Waals surface area contributed by atoms with Gasteiger partial charge in [0.25, 0.3) is 5.91 Å². The zero-order chi connectivity index (χ0) is 20.9. The number of pyridine rings is 1. The Morgan fingerprint density at radius 1 is 0.833 bits per heavy atom. The predicted molar refractivity (Wildman–Crippen MR) is 109 cm³/mol. The van der Waals surface area contributed by atoms with E-state index in [0.29, 0.717) is 5.82 Å². The number of hydrazine groups is 1. The van der Waals surface area contributed by atoms with Gasteiger partial charge in [0.05, 0.1) is 11.3 Å². The van der Waals surface area contributed by atoms with E-state index in [4.69, 9.17) is 0 Å². The average Bonchev–Trinajstić information content (AvgIpc) is 3.24. The van der Waals surface area contributed by atoms with Crippen LogP contribution in [0.2, 0.25) is 0 Å². The van der Waals surface area contributed by atoms with E-state index >= 15 is 0 Å². The topological polar surface area (TPSA) is 122 Å². The van der Waals surface area contributed by atoms with Crippen molar-refractivity contribution in [2.75, 3.05) is 0 Å². The summed E-state index contributed by atoms with van der Waals surface area (Å²) in [5.41, 5.74) is 5.93. The van der Waals surface area contributed by atoms with Crippen LogP contribution in [0, 0.1) is 0 Å². The van der Waals surface area contributed by atoms with Crippen LogP contribution in [0.5, 0.6) is 0 Å². The molecule has 30 heavy (non-hydrogen) atoms. The first-order valence-corrected chi connectivity index (χ1v) is 8.99. The highest BCUT2D eigenvalue weighted by Crippen LogP contribution is 2.20. The maximum absolute atomic E-state index is 12.5. The van der Waals surface area contributed by atoms with E-state index in [1.54, 1.807) is 4.68 Å². The van der Waals surface area contributed by atoms with Crippen molar-refractivity contribution < 1.29 is 9.59 Å². The molecule has 2 aromatic heterocycles. The molecular weight excluding hydrogens is 384 g/mol. The molecule has 0 aliphatic heterocycles. The number of hydrogen-bond acceptors (Lipinski definition) is 5. The molecule has 2 heterocycles. The van der Waals surface area contributed by atoms with Gasteiger partial charge in [0.1, 0.15) is 0 Å². The molecule has 0 saturated heterocycles. The van der Waals surface area contributed by atoms with Crippen LogP contribution in [0.4, 0.5) is 0 Å². The van der Waals surface area contributed by atoms with E-state index in [0.717, 1.165) is 11.3 Å². The van der Waals surface area contributed by atoms with Crippen LogP contribution >= 0.6 is 0 Å². The maximum atomic E-state index is 12.5. The van der Waals surface area contributed by atoms with Crippen LogP contribution in [0.15, 0.2) is 83.8 Å². The Bertz CT molecular complexity index is 1170. The summed E-state index contributed by atoms with van der Waals surface area (Å²) in [6, 6.07) is 21.2. The van der Waals surface area contributed by atoms with Crippen LogP contribution in [0.25, 0.3) is 17.1 Å².